The number of hydrogen-bond acceptors (Lipinski definition) is 5. The lowest BCUT2D eigenvalue weighted by Gasteiger charge is -2.21. The van der Waals surface area contributed by atoms with Crippen LogP contribution in [0.15, 0.2) is 52.2 Å². The first-order chi connectivity index (χ1) is 10.3. The van der Waals surface area contributed by atoms with Gasteiger partial charge < -0.3 is 9.32 Å². The second-order valence-corrected chi connectivity index (χ2v) is 5.27. The molecule has 106 valence electrons. The molecule has 21 heavy (non-hydrogen) atoms. The van der Waals surface area contributed by atoms with Crippen molar-refractivity contribution in [2.45, 2.75) is 13.5 Å². The van der Waals surface area contributed by atoms with Gasteiger partial charge in [-0.1, -0.05) is 0 Å². The highest BCUT2D eigenvalue weighted by Crippen LogP contribution is 2.21. The molecule has 0 aromatic carbocycles. The molecule has 0 N–H and O–H groups in total. The van der Waals surface area contributed by atoms with Crippen molar-refractivity contribution >= 4 is 22.9 Å². The number of anilines is 1. The number of oxazole rings is 1. The van der Waals surface area contributed by atoms with Crippen molar-refractivity contribution < 1.29 is 9.21 Å². The van der Waals surface area contributed by atoms with Crippen molar-refractivity contribution in [1.29, 1.82) is 0 Å². The van der Waals surface area contributed by atoms with Crippen molar-refractivity contribution in [3.8, 4) is 0 Å². The Labute approximate surface area is 125 Å². The van der Waals surface area contributed by atoms with Crippen LogP contribution < -0.4 is 4.90 Å². The van der Waals surface area contributed by atoms with Gasteiger partial charge in [-0.3, -0.25) is 9.78 Å². The summed E-state index contributed by atoms with van der Waals surface area (Å²) in [5, 5.41) is 4.01. The molecule has 0 atom stereocenters. The van der Waals surface area contributed by atoms with Gasteiger partial charge in [0, 0.05) is 6.20 Å². The molecule has 0 bridgehead atoms. The SMILES string of the molecule is Cc1ocnc1C(=O)N(Cc1ccsc1)c1cccnc1. The van der Waals surface area contributed by atoms with Gasteiger partial charge in [0.1, 0.15) is 5.76 Å². The molecule has 5 nitrogen and oxygen atoms in total. The monoisotopic (exact) mass is 299 g/mol. The van der Waals surface area contributed by atoms with Crippen molar-refractivity contribution in [3.05, 3.63) is 64.8 Å². The van der Waals surface area contributed by atoms with Gasteiger partial charge in [-0.25, -0.2) is 4.98 Å². The topological polar surface area (TPSA) is 59.2 Å². The molecular formula is C15H13N3O2S. The quantitative estimate of drug-likeness (QED) is 0.741. The Kier molecular flexibility index (Phi) is 3.79. The number of carbonyl (C=O) groups excluding carboxylic acids is 1. The minimum atomic E-state index is -0.194. The third kappa shape index (κ3) is 2.85. The van der Waals surface area contributed by atoms with Crippen LogP contribution in [-0.2, 0) is 6.54 Å². The number of hydrogen-bond donors (Lipinski definition) is 0. The predicted octanol–water partition coefficient (Wildman–Crippen LogP) is 3.29. The largest absolute Gasteiger partial charge is 0.448 e. The average molecular weight is 299 g/mol. The van der Waals surface area contributed by atoms with Gasteiger partial charge in [-0.2, -0.15) is 11.3 Å². The maximum atomic E-state index is 12.7. The van der Waals surface area contributed by atoms with Crippen LogP contribution in [0.3, 0.4) is 0 Å². The van der Waals surface area contributed by atoms with Gasteiger partial charge in [-0.05, 0) is 41.4 Å². The number of rotatable bonds is 4. The lowest BCUT2D eigenvalue weighted by atomic mass is 10.2. The Morgan fingerprint density at radius 2 is 2.33 bits per heavy atom. The molecule has 0 saturated carbocycles. The summed E-state index contributed by atoms with van der Waals surface area (Å²) < 4.78 is 5.13. The van der Waals surface area contributed by atoms with Crippen LogP contribution in [0, 0.1) is 6.92 Å². The van der Waals surface area contributed by atoms with Crippen LogP contribution in [0.25, 0.3) is 0 Å². The minimum Gasteiger partial charge on any atom is -0.448 e. The van der Waals surface area contributed by atoms with E-state index in [2.05, 4.69) is 9.97 Å². The summed E-state index contributed by atoms with van der Waals surface area (Å²) in [6.45, 7) is 2.20. The number of pyridine rings is 1. The zero-order valence-corrected chi connectivity index (χ0v) is 12.2. The summed E-state index contributed by atoms with van der Waals surface area (Å²) in [5.41, 5.74) is 2.13. The molecule has 0 fully saturated rings. The third-order valence-corrected chi connectivity index (χ3v) is 3.80. The number of aryl methyl sites for hydroxylation is 1. The van der Waals surface area contributed by atoms with Crippen LogP contribution in [0.1, 0.15) is 21.8 Å². The Balaban J connectivity index is 1.96. The highest BCUT2D eigenvalue weighted by molar-refractivity contribution is 7.07. The van der Waals surface area contributed by atoms with E-state index in [1.54, 1.807) is 41.6 Å². The fourth-order valence-electron chi connectivity index (χ4n) is 2.00. The van der Waals surface area contributed by atoms with E-state index in [0.717, 1.165) is 11.3 Å². The van der Waals surface area contributed by atoms with Crippen LogP contribution >= 0.6 is 11.3 Å². The minimum absolute atomic E-state index is 0.194. The number of amides is 1. The Morgan fingerprint density at radius 3 is 2.95 bits per heavy atom. The lowest BCUT2D eigenvalue weighted by molar-refractivity contribution is 0.0979. The van der Waals surface area contributed by atoms with E-state index in [9.17, 15) is 4.79 Å². The van der Waals surface area contributed by atoms with E-state index in [4.69, 9.17) is 4.42 Å². The molecule has 3 rings (SSSR count). The van der Waals surface area contributed by atoms with Crippen molar-refractivity contribution in [2.24, 2.45) is 0 Å². The van der Waals surface area contributed by atoms with Gasteiger partial charge in [0.2, 0.25) is 0 Å². The zero-order chi connectivity index (χ0) is 14.7. The molecule has 6 heteroatoms. The summed E-state index contributed by atoms with van der Waals surface area (Å²) >= 11 is 1.60. The second kappa shape index (κ2) is 5.88. The lowest BCUT2D eigenvalue weighted by Crippen LogP contribution is -2.31. The molecule has 3 aromatic heterocycles. The van der Waals surface area contributed by atoms with Gasteiger partial charge in [0.25, 0.3) is 5.91 Å². The van der Waals surface area contributed by atoms with E-state index >= 15 is 0 Å². The first-order valence-corrected chi connectivity index (χ1v) is 7.33. The highest BCUT2D eigenvalue weighted by atomic mass is 32.1. The maximum absolute atomic E-state index is 12.7. The van der Waals surface area contributed by atoms with E-state index in [1.807, 2.05) is 22.9 Å². The standard InChI is InChI=1S/C15H13N3O2S/c1-11-14(17-10-20-11)15(19)18(8-12-4-6-21-9-12)13-3-2-5-16-7-13/h2-7,9-10H,8H2,1H3. The Bertz CT molecular complexity index is 722. The first-order valence-electron chi connectivity index (χ1n) is 6.39. The number of carbonyl (C=O) groups is 1. The van der Waals surface area contributed by atoms with E-state index in [1.165, 1.54) is 6.39 Å². The fourth-order valence-corrected chi connectivity index (χ4v) is 2.66. The molecule has 3 heterocycles. The number of thiophene rings is 1. The molecule has 0 aliphatic heterocycles. The molecule has 0 radical (unpaired) electrons. The zero-order valence-electron chi connectivity index (χ0n) is 11.4. The van der Waals surface area contributed by atoms with E-state index in [-0.39, 0.29) is 5.91 Å². The summed E-state index contributed by atoms with van der Waals surface area (Å²) in [7, 11) is 0. The summed E-state index contributed by atoms with van der Waals surface area (Å²) in [6.07, 6.45) is 4.63. The molecule has 0 spiro atoms. The summed E-state index contributed by atoms with van der Waals surface area (Å²) in [4.78, 5) is 22.5. The van der Waals surface area contributed by atoms with Gasteiger partial charge in [0.05, 0.1) is 18.4 Å². The van der Waals surface area contributed by atoms with Crippen molar-refractivity contribution in [3.63, 3.8) is 0 Å². The second-order valence-electron chi connectivity index (χ2n) is 4.49. The third-order valence-electron chi connectivity index (χ3n) is 3.07. The van der Waals surface area contributed by atoms with E-state index in [0.29, 0.717) is 18.0 Å². The van der Waals surface area contributed by atoms with Crippen LogP contribution in [0.4, 0.5) is 5.69 Å². The van der Waals surface area contributed by atoms with Crippen LogP contribution in [0.5, 0.6) is 0 Å². The Morgan fingerprint density at radius 1 is 1.43 bits per heavy atom. The first kappa shape index (κ1) is 13.5. The maximum Gasteiger partial charge on any atom is 0.280 e. The van der Waals surface area contributed by atoms with Crippen LogP contribution in [0.2, 0.25) is 0 Å². The molecule has 0 unspecified atom stereocenters. The van der Waals surface area contributed by atoms with Gasteiger partial charge in [0.15, 0.2) is 12.1 Å². The van der Waals surface area contributed by atoms with Gasteiger partial charge >= 0.3 is 0 Å². The predicted molar refractivity (Wildman–Crippen MR) is 80.3 cm³/mol. The molecule has 0 saturated heterocycles. The number of aromatic nitrogens is 2. The van der Waals surface area contributed by atoms with Crippen molar-refractivity contribution in [1.82, 2.24) is 9.97 Å². The van der Waals surface area contributed by atoms with Gasteiger partial charge in [-0.15, -0.1) is 0 Å². The molecular weight excluding hydrogens is 286 g/mol. The smallest absolute Gasteiger partial charge is 0.280 e. The highest BCUT2D eigenvalue weighted by Gasteiger charge is 2.23. The van der Waals surface area contributed by atoms with Crippen LogP contribution in [-0.4, -0.2) is 15.9 Å². The normalized spacial score (nSPS) is 10.5. The number of nitrogens with zero attached hydrogens (tertiary/aromatic N) is 3. The molecule has 0 aliphatic rings. The molecule has 0 aliphatic carbocycles. The summed E-state index contributed by atoms with van der Waals surface area (Å²) in [6, 6.07) is 5.66. The molecule has 3 aromatic rings. The van der Waals surface area contributed by atoms with Crippen molar-refractivity contribution in [2.75, 3.05) is 4.90 Å². The Hall–Kier alpha value is -2.47. The fraction of sp³-hybridized carbons (Fsp3) is 0.133. The van der Waals surface area contributed by atoms with E-state index < -0.39 is 0 Å². The summed E-state index contributed by atoms with van der Waals surface area (Å²) in [5.74, 6) is 0.319. The average Bonchev–Trinajstić information content (AvgIpc) is 3.16. The molecule has 1 amide bonds.